The molecular weight excluding hydrogens is 394 g/mol. The first-order valence-corrected chi connectivity index (χ1v) is 6.00. The van der Waals surface area contributed by atoms with Crippen LogP contribution in [0.2, 0.25) is 0 Å². The molecule has 13 nitrogen and oxygen atoms in total. The topological polar surface area (TPSA) is 272 Å². The molecule has 0 saturated heterocycles. The maximum absolute atomic E-state index is 8.52. The molecule has 0 aliphatic rings. The maximum atomic E-state index is 8.52. The Hall–Kier alpha value is 1.31. The average molecular weight is 396 g/mol. The molecule has 0 saturated carbocycles. The molecule has 0 bridgehead atoms. The van der Waals surface area contributed by atoms with Gasteiger partial charge in [-0.1, -0.05) is 0 Å². The quantitative estimate of drug-likeness (QED) is 0.275. The van der Waals surface area contributed by atoms with Crippen LogP contribution in [0.1, 0.15) is 0 Å². The summed E-state index contributed by atoms with van der Waals surface area (Å²) in [6.45, 7) is 0. The van der Waals surface area contributed by atoms with E-state index in [1.54, 1.807) is 0 Å². The number of hydrogen-bond acceptors (Lipinski definition) is 12. The zero-order chi connectivity index (χ0) is 13.5. The summed E-state index contributed by atoms with van der Waals surface area (Å²) in [6.07, 6.45) is 0. The van der Waals surface area contributed by atoms with Gasteiger partial charge < -0.3 is 32.8 Å². The van der Waals surface area contributed by atoms with Gasteiger partial charge in [-0.2, -0.15) is 0 Å². The summed E-state index contributed by atoms with van der Waals surface area (Å²) in [5.41, 5.74) is 0. The predicted octanol–water partition coefficient (Wildman–Crippen LogP) is -4.84. The Morgan fingerprint density at radius 1 is 0.444 bits per heavy atom. The normalized spacial score (nSPS) is 9.67. The van der Waals surface area contributed by atoms with Gasteiger partial charge in [0.05, 0.1) is 0 Å². The molecule has 0 fully saturated rings. The summed E-state index contributed by atoms with van der Waals surface area (Å²) < 4.78 is 102. The van der Waals surface area contributed by atoms with E-state index < -0.39 is 31.2 Å². The van der Waals surface area contributed by atoms with Gasteiger partial charge in [-0.15, -0.1) is 0 Å². The van der Waals surface area contributed by atoms with E-state index in [1.807, 2.05) is 0 Å². The van der Waals surface area contributed by atoms with E-state index in [4.69, 9.17) is 52.6 Å². The first-order valence-electron chi connectivity index (χ1n) is 2.00. The Kier molecular flexibility index (Phi) is 29.9. The van der Waals surface area contributed by atoms with Crippen molar-refractivity contribution in [1.29, 1.82) is 0 Å². The Morgan fingerprint density at radius 3 is 0.444 bits per heavy atom. The molecule has 0 spiro atoms. The SMILES string of the molecule is O.O=S(=O)([O-])[O-].O=S(=O)([O-])[O-].O=S(=O)([O-])[O-].[Sc+3].[Sc+3]. The first-order chi connectivity index (χ1) is 6.00. The molecule has 18 heavy (non-hydrogen) atoms. The van der Waals surface area contributed by atoms with Gasteiger partial charge in [-0.05, 0) is 0 Å². The first kappa shape index (κ1) is 36.5. The van der Waals surface area contributed by atoms with Gasteiger partial charge in [0.25, 0.3) is 0 Å². The fourth-order valence-corrected chi connectivity index (χ4v) is 0. The van der Waals surface area contributed by atoms with Crippen LogP contribution >= 0.6 is 0 Å². The fraction of sp³-hybridized carbons (Fsp3) is 0. The third kappa shape index (κ3) is 2680. The molecule has 0 aromatic heterocycles. The van der Waals surface area contributed by atoms with Crippen molar-refractivity contribution in [2.75, 3.05) is 0 Å². The molecule has 0 aliphatic carbocycles. The second-order valence-corrected chi connectivity index (χ2v) is 3.67. The summed E-state index contributed by atoms with van der Waals surface area (Å²) >= 11 is 0. The van der Waals surface area contributed by atoms with Gasteiger partial charge in [0.1, 0.15) is 0 Å². The third-order valence-corrected chi connectivity index (χ3v) is 0. The standard InChI is InChI=1S/3H2O4S.H2O.2Sc/c3*1-5(2,3)4;;;/h3*(H2,1,2,3,4);1H2;;/q;;;;2*+3/p-6. The van der Waals surface area contributed by atoms with Crippen molar-refractivity contribution in [3.05, 3.63) is 0 Å². The maximum Gasteiger partial charge on any atom is 3.00 e. The van der Waals surface area contributed by atoms with Crippen LogP contribution in [0.25, 0.3) is 0 Å². The van der Waals surface area contributed by atoms with Gasteiger partial charge in [-0.25, -0.2) is 0 Å². The number of hydrogen-bond donors (Lipinski definition) is 0. The van der Waals surface area contributed by atoms with Crippen LogP contribution in [0.3, 0.4) is 0 Å². The van der Waals surface area contributed by atoms with Gasteiger partial charge >= 0.3 is 51.7 Å². The molecule has 0 aromatic rings. The van der Waals surface area contributed by atoms with Crippen LogP contribution in [0.4, 0.5) is 0 Å². The molecule has 0 heterocycles. The second-order valence-electron chi connectivity index (χ2n) is 1.22. The monoisotopic (exact) mass is 396 g/mol. The van der Waals surface area contributed by atoms with Crippen molar-refractivity contribution in [2.24, 2.45) is 0 Å². The van der Waals surface area contributed by atoms with Crippen molar-refractivity contribution in [3.63, 3.8) is 0 Å². The fourth-order valence-electron chi connectivity index (χ4n) is 0. The largest absolute Gasteiger partial charge is 3.00 e. The molecular formula is H2O13S3Sc2. The molecule has 0 atom stereocenters. The smallest absolute Gasteiger partial charge is 0.759 e. The molecule has 0 unspecified atom stereocenters. The minimum absolute atomic E-state index is 0. The van der Waals surface area contributed by atoms with Crippen LogP contribution in [-0.2, 0) is 82.9 Å². The van der Waals surface area contributed by atoms with E-state index in [0.717, 1.165) is 0 Å². The van der Waals surface area contributed by atoms with Crippen molar-refractivity contribution < 1.29 is 110 Å². The van der Waals surface area contributed by atoms with Gasteiger partial charge in [-0.3, -0.25) is 25.3 Å². The van der Waals surface area contributed by atoms with E-state index >= 15 is 0 Å². The summed E-state index contributed by atoms with van der Waals surface area (Å²) in [5.74, 6) is 0. The number of rotatable bonds is 0. The van der Waals surface area contributed by atoms with E-state index in [0.29, 0.717) is 0 Å². The second kappa shape index (κ2) is 14.7. The zero-order valence-electron chi connectivity index (χ0n) is 7.78. The van der Waals surface area contributed by atoms with Crippen LogP contribution in [-0.4, -0.2) is 58.0 Å². The van der Waals surface area contributed by atoms with E-state index in [2.05, 4.69) is 0 Å². The molecule has 2 N–H and O–H groups in total. The van der Waals surface area contributed by atoms with Crippen molar-refractivity contribution in [1.82, 2.24) is 0 Å². The summed E-state index contributed by atoms with van der Waals surface area (Å²) in [7, 11) is -15.5. The van der Waals surface area contributed by atoms with Gasteiger partial charge in [0.2, 0.25) is 0 Å². The Labute approximate surface area is 140 Å². The molecule has 0 radical (unpaired) electrons. The summed E-state index contributed by atoms with van der Waals surface area (Å²) in [6, 6.07) is 0. The Balaban J connectivity index is -0.0000000277. The van der Waals surface area contributed by atoms with Crippen molar-refractivity contribution in [3.8, 4) is 0 Å². The van der Waals surface area contributed by atoms with Gasteiger partial charge in [0, 0.05) is 31.2 Å². The summed E-state index contributed by atoms with van der Waals surface area (Å²) in [4.78, 5) is 0. The molecule has 18 heteroatoms. The molecule has 0 rings (SSSR count). The Bertz CT molecular complexity index is 341. The third-order valence-electron chi connectivity index (χ3n) is 0. The van der Waals surface area contributed by atoms with Crippen LogP contribution in [0, 0.1) is 0 Å². The molecule has 0 aliphatic heterocycles. The van der Waals surface area contributed by atoms with Gasteiger partial charge in [0.15, 0.2) is 0 Å². The van der Waals surface area contributed by atoms with Crippen molar-refractivity contribution >= 4 is 31.2 Å². The predicted molar refractivity (Wildman–Crippen MR) is 35.0 cm³/mol. The van der Waals surface area contributed by atoms with Crippen LogP contribution in [0.5, 0.6) is 0 Å². The molecule has 0 amide bonds. The van der Waals surface area contributed by atoms with Crippen molar-refractivity contribution in [2.45, 2.75) is 0 Å². The van der Waals surface area contributed by atoms with Crippen LogP contribution < -0.4 is 0 Å². The molecule has 104 valence electrons. The zero-order valence-corrected chi connectivity index (χ0v) is 13.8. The molecule has 0 aromatic carbocycles. The Morgan fingerprint density at radius 2 is 0.444 bits per heavy atom. The van der Waals surface area contributed by atoms with E-state index in [-0.39, 0.29) is 57.2 Å². The van der Waals surface area contributed by atoms with E-state index in [1.165, 1.54) is 0 Å². The van der Waals surface area contributed by atoms with Crippen LogP contribution in [0.15, 0.2) is 0 Å². The summed E-state index contributed by atoms with van der Waals surface area (Å²) in [5, 5.41) is 0. The minimum atomic E-state index is -5.17. The minimum Gasteiger partial charge on any atom is -0.759 e. The average Bonchev–Trinajstić information content (AvgIpc) is 1.41. The van der Waals surface area contributed by atoms with E-state index in [9.17, 15) is 0 Å².